The van der Waals surface area contributed by atoms with Crippen molar-refractivity contribution >= 4 is 0 Å². The highest BCUT2D eigenvalue weighted by Gasteiger charge is 2.14. The predicted octanol–water partition coefficient (Wildman–Crippen LogP) is 2.13. The summed E-state index contributed by atoms with van der Waals surface area (Å²) in [6.07, 6.45) is 2.69. The molecule has 106 valence electrons. The highest BCUT2D eigenvalue weighted by Crippen LogP contribution is 2.10. The third-order valence-corrected chi connectivity index (χ3v) is 3.70. The molecule has 1 heterocycles. The average Bonchev–Trinajstić information content (AvgIpc) is 2.46. The number of benzene rings is 1. The Morgan fingerprint density at radius 1 is 1.32 bits per heavy atom. The van der Waals surface area contributed by atoms with Gasteiger partial charge in [0.25, 0.3) is 0 Å². The maximum absolute atomic E-state index is 5.72. The highest BCUT2D eigenvalue weighted by atomic mass is 16.5. The Labute approximate surface area is 116 Å². The van der Waals surface area contributed by atoms with E-state index in [-0.39, 0.29) is 0 Å². The number of nitrogens with zero attached hydrogens (tertiary/aromatic N) is 1. The van der Waals surface area contributed by atoms with E-state index in [1.807, 2.05) is 6.07 Å². The van der Waals surface area contributed by atoms with Gasteiger partial charge >= 0.3 is 0 Å². The van der Waals surface area contributed by atoms with Gasteiger partial charge in [0.1, 0.15) is 0 Å². The maximum Gasteiger partial charge on any atom is 0.0717 e. The number of likely N-dealkylation sites (N-methyl/N-ethyl adjacent to an activating group) is 1. The third-order valence-electron chi connectivity index (χ3n) is 3.70. The molecule has 1 aromatic rings. The Morgan fingerprint density at radius 3 is 2.89 bits per heavy atom. The van der Waals surface area contributed by atoms with Gasteiger partial charge in [-0.2, -0.15) is 0 Å². The molecule has 0 saturated carbocycles. The summed E-state index contributed by atoms with van der Waals surface area (Å²) in [4.78, 5) is 2.39. The average molecular weight is 262 g/mol. The summed E-state index contributed by atoms with van der Waals surface area (Å²) in [5.41, 5.74) is 1.25. The molecule has 3 heteroatoms. The van der Waals surface area contributed by atoms with Crippen LogP contribution in [-0.4, -0.2) is 44.7 Å². The molecular weight excluding hydrogens is 236 g/mol. The van der Waals surface area contributed by atoms with Crippen LogP contribution in [0.5, 0.6) is 0 Å². The van der Waals surface area contributed by atoms with E-state index in [1.165, 1.54) is 38.0 Å². The van der Waals surface area contributed by atoms with E-state index in [0.29, 0.717) is 0 Å². The van der Waals surface area contributed by atoms with Crippen molar-refractivity contribution in [3.05, 3.63) is 35.9 Å². The maximum atomic E-state index is 5.72. The minimum absolute atomic E-state index is 0.722. The Balaban J connectivity index is 1.55. The van der Waals surface area contributed by atoms with Gasteiger partial charge in [0.05, 0.1) is 13.2 Å². The first-order valence-corrected chi connectivity index (χ1v) is 7.35. The standard InChI is InChI=1S/C16H26N2O/c1-18(13-16-8-5-9-17-12-16)10-11-19-14-15-6-3-2-4-7-15/h2-4,6-7,16-17H,5,8-14H2,1H3. The molecule has 3 nitrogen and oxygen atoms in total. The molecule has 0 aliphatic carbocycles. The minimum atomic E-state index is 0.722. The molecule has 0 aromatic heterocycles. The molecular formula is C16H26N2O. The Bertz CT molecular complexity index is 336. The molecule has 1 fully saturated rings. The zero-order valence-corrected chi connectivity index (χ0v) is 12.0. The highest BCUT2D eigenvalue weighted by molar-refractivity contribution is 5.13. The second-order valence-electron chi connectivity index (χ2n) is 5.51. The van der Waals surface area contributed by atoms with Crippen LogP contribution in [0.3, 0.4) is 0 Å². The molecule has 1 unspecified atom stereocenters. The first-order chi connectivity index (χ1) is 9.34. The van der Waals surface area contributed by atoms with Crippen molar-refractivity contribution in [3.8, 4) is 0 Å². The van der Waals surface area contributed by atoms with Crippen LogP contribution in [0.1, 0.15) is 18.4 Å². The van der Waals surface area contributed by atoms with Crippen molar-refractivity contribution in [1.29, 1.82) is 0 Å². The summed E-state index contributed by atoms with van der Waals surface area (Å²) in [7, 11) is 2.19. The molecule has 19 heavy (non-hydrogen) atoms. The topological polar surface area (TPSA) is 24.5 Å². The second-order valence-corrected chi connectivity index (χ2v) is 5.51. The molecule has 1 atom stereocenters. The van der Waals surface area contributed by atoms with E-state index in [2.05, 4.69) is 41.5 Å². The summed E-state index contributed by atoms with van der Waals surface area (Å²) in [5.74, 6) is 0.813. The first-order valence-electron chi connectivity index (χ1n) is 7.35. The Kier molecular flexibility index (Phi) is 6.34. The molecule has 0 amide bonds. The SMILES string of the molecule is CN(CCOCc1ccccc1)CC1CCCNC1. The van der Waals surface area contributed by atoms with Gasteiger partial charge < -0.3 is 15.0 Å². The zero-order chi connectivity index (χ0) is 13.3. The van der Waals surface area contributed by atoms with E-state index in [9.17, 15) is 0 Å². The Hall–Kier alpha value is -0.900. The molecule has 1 N–H and O–H groups in total. The van der Waals surface area contributed by atoms with E-state index in [1.54, 1.807) is 0 Å². The summed E-state index contributed by atoms with van der Waals surface area (Å²) < 4.78 is 5.72. The van der Waals surface area contributed by atoms with E-state index >= 15 is 0 Å². The number of nitrogens with one attached hydrogen (secondary N) is 1. The normalized spacial score (nSPS) is 19.8. The van der Waals surface area contributed by atoms with Crippen molar-refractivity contribution in [2.24, 2.45) is 5.92 Å². The van der Waals surface area contributed by atoms with Crippen LogP contribution >= 0.6 is 0 Å². The summed E-state index contributed by atoms with van der Waals surface area (Å²) in [6.45, 7) is 6.10. The first kappa shape index (κ1) is 14.5. The number of ether oxygens (including phenoxy) is 1. The van der Waals surface area contributed by atoms with Gasteiger partial charge in [0, 0.05) is 13.1 Å². The monoisotopic (exact) mass is 262 g/mol. The van der Waals surface area contributed by atoms with Gasteiger partial charge in [-0.1, -0.05) is 30.3 Å². The van der Waals surface area contributed by atoms with Crippen molar-refractivity contribution in [2.75, 3.05) is 39.8 Å². The van der Waals surface area contributed by atoms with E-state index < -0.39 is 0 Å². The summed E-state index contributed by atoms with van der Waals surface area (Å²) in [5, 5.41) is 3.47. The van der Waals surface area contributed by atoms with E-state index in [4.69, 9.17) is 4.74 Å². The fourth-order valence-corrected chi connectivity index (χ4v) is 2.60. The van der Waals surface area contributed by atoms with Gasteiger partial charge in [-0.15, -0.1) is 0 Å². The lowest BCUT2D eigenvalue weighted by Crippen LogP contribution is -2.37. The summed E-state index contributed by atoms with van der Waals surface area (Å²) >= 11 is 0. The lowest BCUT2D eigenvalue weighted by molar-refractivity contribution is 0.0939. The lowest BCUT2D eigenvalue weighted by Gasteiger charge is -2.27. The van der Waals surface area contributed by atoms with Crippen LogP contribution in [0, 0.1) is 5.92 Å². The molecule has 0 radical (unpaired) electrons. The molecule has 0 spiro atoms. The predicted molar refractivity (Wildman–Crippen MR) is 79.2 cm³/mol. The molecule has 1 aromatic carbocycles. The van der Waals surface area contributed by atoms with Crippen LogP contribution in [0.15, 0.2) is 30.3 Å². The largest absolute Gasteiger partial charge is 0.375 e. The van der Waals surface area contributed by atoms with E-state index in [0.717, 1.165) is 25.7 Å². The van der Waals surface area contributed by atoms with Gasteiger partial charge in [-0.05, 0) is 44.5 Å². The van der Waals surface area contributed by atoms with Gasteiger partial charge in [-0.3, -0.25) is 0 Å². The van der Waals surface area contributed by atoms with Gasteiger partial charge in [-0.25, -0.2) is 0 Å². The van der Waals surface area contributed by atoms with Crippen molar-refractivity contribution in [2.45, 2.75) is 19.4 Å². The molecule has 1 saturated heterocycles. The lowest BCUT2D eigenvalue weighted by atomic mass is 9.99. The smallest absolute Gasteiger partial charge is 0.0717 e. The fraction of sp³-hybridized carbons (Fsp3) is 0.625. The van der Waals surface area contributed by atoms with Gasteiger partial charge in [0.2, 0.25) is 0 Å². The molecule has 1 aliphatic rings. The molecule has 0 bridgehead atoms. The summed E-state index contributed by atoms with van der Waals surface area (Å²) in [6, 6.07) is 10.4. The number of hydrogen-bond donors (Lipinski definition) is 1. The Morgan fingerprint density at radius 2 is 2.16 bits per heavy atom. The van der Waals surface area contributed by atoms with Crippen molar-refractivity contribution in [3.63, 3.8) is 0 Å². The van der Waals surface area contributed by atoms with Gasteiger partial charge in [0.15, 0.2) is 0 Å². The number of piperidine rings is 1. The third kappa shape index (κ3) is 5.72. The van der Waals surface area contributed by atoms with Crippen LogP contribution in [0.2, 0.25) is 0 Å². The van der Waals surface area contributed by atoms with Crippen LogP contribution < -0.4 is 5.32 Å². The van der Waals surface area contributed by atoms with Crippen LogP contribution in [0.4, 0.5) is 0 Å². The number of hydrogen-bond acceptors (Lipinski definition) is 3. The second kappa shape index (κ2) is 8.31. The van der Waals surface area contributed by atoms with Crippen LogP contribution in [0.25, 0.3) is 0 Å². The van der Waals surface area contributed by atoms with Crippen molar-refractivity contribution < 1.29 is 4.74 Å². The number of rotatable bonds is 7. The molecule has 1 aliphatic heterocycles. The quantitative estimate of drug-likeness (QED) is 0.762. The fourth-order valence-electron chi connectivity index (χ4n) is 2.60. The minimum Gasteiger partial charge on any atom is -0.375 e. The zero-order valence-electron chi connectivity index (χ0n) is 12.0. The van der Waals surface area contributed by atoms with Crippen LogP contribution in [-0.2, 0) is 11.3 Å². The van der Waals surface area contributed by atoms with Crippen molar-refractivity contribution in [1.82, 2.24) is 10.2 Å². The molecule has 2 rings (SSSR count).